The topological polar surface area (TPSA) is 129 Å². The standard InChI is InChI=1S/C24H21N3O7/c1-16-7-10-18(11-8-16)24(29)34-21-12-9-17(13-22(21)32-2)14-25-26-23(28)15-33-20-6-4-3-5-19(20)27(30)31/h3-14H,15H2,1-2H3,(H,26,28)/b25-14+. The second kappa shape index (κ2) is 11.2. The van der Waals surface area contributed by atoms with Crippen LogP contribution in [-0.4, -0.2) is 36.7 Å². The van der Waals surface area contributed by atoms with Crippen LogP contribution in [-0.2, 0) is 4.79 Å². The van der Waals surface area contributed by atoms with E-state index in [1.54, 1.807) is 36.4 Å². The highest BCUT2D eigenvalue weighted by molar-refractivity contribution is 5.91. The van der Waals surface area contributed by atoms with Crippen molar-refractivity contribution in [1.29, 1.82) is 0 Å². The number of para-hydroxylation sites is 2. The van der Waals surface area contributed by atoms with Gasteiger partial charge < -0.3 is 14.2 Å². The zero-order chi connectivity index (χ0) is 24.5. The number of carbonyl (C=O) groups excluding carboxylic acids is 2. The molecule has 0 unspecified atom stereocenters. The summed E-state index contributed by atoms with van der Waals surface area (Å²) in [7, 11) is 1.43. The van der Waals surface area contributed by atoms with E-state index in [1.807, 2.05) is 19.1 Å². The zero-order valence-electron chi connectivity index (χ0n) is 18.4. The van der Waals surface area contributed by atoms with E-state index in [0.29, 0.717) is 16.9 Å². The first kappa shape index (κ1) is 23.9. The fourth-order valence-corrected chi connectivity index (χ4v) is 2.78. The van der Waals surface area contributed by atoms with Crippen LogP contribution in [0.5, 0.6) is 17.2 Å². The SMILES string of the molecule is COc1cc(/C=N/NC(=O)COc2ccccc2[N+](=O)[O-])ccc1OC(=O)c1ccc(C)cc1. The van der Waals surface area contributed by atoms with Gasteiger partial charge in [-0.05, 0) is 48.9 Å². The highest BCUT2D eigenvalue weighted by atomic mass is 16.6. The van der Waals surface area contributed by atoms with Crippen LogP contribution in [0.4, 0.5) is 5.69 Å². The molecule has 1 amide bonds. The predicted molar refractivity (Wildman–Crippen MR) is 123 cm³/mol. The number of nitro groups is 1. The van der Waals surface area contributed by atoms with Gasteiger partial charge in [0.15, 0.2) is 23.9 Å². The Hall–Kier alpha value is -4.73. The van der Waals surface area contributed by atoms with E-state index in [1.165, 1.54) is 31.5 Å². The number of esters is 1. The molecule has 0 atom stereocenters. The number of carbonyl (C=O) groups is 2. The molecule has 0 spiro atoms. The molecule has 3 aromatic carbocycles. The van der Waals surface area contributed by atoms with Gasteiger partial charge in [-0.25, -0.2) is 10.2 Å². The molecule has 0 radical (unpaired) electrons. The number of hydrazone groups is 1. The van der Waals surface area contributed by atoms with E-state index < -0.39 is 23.4 Å². The number of amides is 1. The van der Waals surface area contributed by atoms with Gasteiger partial charge in [-0.3, -0.25) is 14.9 Å². The Morgan fingerprint density at radius 2 is 1.76 bits per heavy atom. The third-order valence-corrected chi connectivity index (χ3v) is 4.50. The summed E-state index contributed by atoms with van der Waals surface area (Å²) in [4.78, 5) is 34.7. The lowest BCUT2D eigenvalue weighted by Gasteiger charge is -2.10. The molecule has 174 valence electrons. The van der Waals surface area contributed by atoms with Crippen molar-refractivity contribution < 1.29 is 28.7 Å². The molecule has 0 aliphatic carbocycles. The van der Waals surface area contributed by atoms with Crippen molar-refractivity contribution in [1.82, 2.24) is 5.43 Å². The largest absolute Gasteiger partial charge is 0.493 e. The molecular weight excluding hydrogens is 442 g/mol. The van der Waals surface area contributed by atoms with Gasteiger partial charge in [0.2, 0.25) is 0 Å². The molecular formula is C24H21N3O7. The Morgan fingerprint density at radius 3 is 2.47 bits per heavy atom. The van der Waals surface area contributed by atoms with Crippen molar-refractivity contribution in [2.75, 3.05) is 13.7 Å². The highest BCUT2D eigenvalue weighted by Crippen LogP contribution is 2.28. The molecule has 34 heavy (non-hydrogen) atoms. The smallest absolute Gasteiger partial charge is 0.343 e. The number of nitrogens with one attached hydrogen (secondary N) is 1. The number of nitrogens with zero attached hydrogens (tertiary/aromatic N) is 2. The molecule has 0 saturated heterocycles. The summed E-state index contributed by atoms with van der Waals surface area (Å²) in [5, 5.41) is 14.8. The average Bonchev–Trinajstić information content (AvgIpc) is 2.84. The molecule has 0 aromatic heterocycles. The van der Waals surface area contributed by atoms with Gasteiger partial charge in [-0.15, -0.1) is 0 Å². The predicted octanol–water partition coefficient (Wildman–Crippen LogP) is 3.66. The van der Waals surface area contributed by atoms with Crippen molar-refractivity contribution in [3.05, 3.63) is 93.5 Å². The van der Waals surface area contributed by atoms with Crippen molar-refractivity contribution in [3.63, 3.8) is 0 Å². The Bertz CT molecular complexity index is 1220. The number of rotatable bonds is 9. The quantitative estimate of drug-likeness (QED) is 0.169. The third-order valence-electron chi connectivity index (χ3n) is 4.50. The Morgan fingerprint density at radius 1 is 1.03 bits per heavy atom. The second-order valence-electron chi connectivity index (χ2n) is 6.97. The number of ether oxygens (including phenoxy) is 3. The van der Waals surface area contributed by atoms with Crippen molar-refractivity contribution in [3.8, 4) is 17.2 Å². The van der Waals surface area contributed by atoms with Crippen LogP contribution in [0.2, 0.25) is 0 Å². The van der Waals surface area contributed by atoms with Crippen molar-refractivity contribution >= 4 is 23.8 Å². The van der Waals surface area contributed by atoms with Crippen molar-refractivity contribution in [2.24, 2.45) is 5.10 Å². The fourth-order valence-electron chi connectivity index (χ4n) is 2.78. The minimum atomic E-state index is -0.606. The Kier molecular flexibility index (Phi) is 7.90. The van der Waals surface area contributed by atoms with Crippen LogP contribution in [0.1, 0.15) is 21.5 Å². The Labute approximate surface area is 194 Å². The maximum absolute atomic E-state index is 12.3. The minimum absolute atomic E-state index is 0.0212. The summed E-state index contributed by atoms with van der Waals surface area (Å²) >= 11 is 0. The lowest BCUT2D eigenvalue weighted by Crippen LogP contribution is -2.24. The van der Waals surface area contributed by atoms with Gasteiger partial charge in [0.1, 0.15) is 0 Å². The molecule has 3 rings (SSSR count). The van der Waals surface area contributed by atoms with Crippen molar-refractivity contribution in [2.45, 2.75) is 6.92 Å². The monoisotopic (exact) mass is 463 g/mol. The van der Waals surface area contributed by atoms with Gasteiger partial charge in [-0.1, -0.05) is 29.8 Å². The second-order valence-corrected chi connectivity index (χ2v) is 6.97. The van der Waals surface area contributed by atoms with E-state index in [9.17, 15) is 19.7 Å². The molecule has 0 saturated carbocycles. The summed E-state index contributed by atoms with van der Waals surface area (Å²) in [5.41, 5.74) is 4.02. The molecule has 0 bridgehead atoms. The normalized spacial score (nSPS) is 10.5. The zero-order valence-corrected chi connectivity index (χ0v) is 18.4. The molecule has 0 aliphatic heterocycles. The first-order valence-electron chi connectivity index (χ1n) is 10.0. The number of hydrogen-bond acceptors (Lipinski definition) is 8. The summed E-state index contributed by atoms with van der Waals surface area (Å²) in [6, 6.07) is 17.5. The van der Waals surface area contributed by atoms with E-state index in [-0.39, 0.29) is 17.2 Å². The molecule has 1 N–H and O–H groups in total. The van der Waals surface area contributed by atoms with E-state index in [4.69, 9.17) is 14.2 Å². The summed E-state index contributed by atoms with van der Waals surface area (Å²) in [5.74, 6) is -0.620. The summed E-state index contributed by atoms with van der Waals surface area (Å²) in [6.07, 6.45) is 1.36. The number of nitro benzene ring substituents is 1. The van der Waals surface area contributed by atoms with Crippen LogP contribution in [0.25, 0.3) is 0 Å². The molecule has 0 aliphatic rings. The lowest BCUT2D eigenvalue weighted by atomic mass is 10.1. The third kappa shape index (κ3) is 6.39. The first-order valence-corrected chi connectivity index (χ1v) is 10.0. The van der Waals surface area contributed by atoms with Gasteiger partial charge in [-0.2, -0.15) is 5.10 Å². The fraction of sp³-hybridized carbons (Fsp3) is 0.125. The van der Waals surface area contributed by atoms with Crippen LogP contribution in [0.3, 0.4) is 0 Å². The van der Waals surface area contributed by atoms with Gasteiger partial charge in [0, 0.05) is 6.07 Å². The van der Waals surface area contributed by atoms with Crippen LogP contribution < -0.4 is 19.6 Å². The van der Waals surface area contributed by atoms with Crippen LogP contribution in [0, 0.1) is 17.0 Å². The number of methoxy groups -OCH3 is 1. The van der Waals surface area contributed by atoms with E-state index in [0.717, 1.165) is 5.56 Å². The summed E-state index contributed by atoms with van der Waals surface area (Å²) < 4.78 is 15.9. The van der Waals surface area contributed by atoms with E-state index in [2.05, 4.69) is 10.5 Å². The van der Waals surface area contributed by atoms with Gasteiger partial charge in [0.25, 0.3) is 5.91 Å². The average molecular weight is 463 g/mol. The maximum Gasteiger partial charge on any atom is 0.343 e. The molecule has 0 heterocycles. The molecule has 10 nitrogen and oxygen atoms in total. The molecule has 3 aromatic rings. The summed E-state index contributed by atoms with van der Waals surface area (Å²) in [6.45, 7) is 1.46. The Balaban J connectivity index is 1.57. The van der Waals surface area contributed by atoms with Gasteiger partial charge in [0.05, 0.1) is 23.8 Å². The number of benzene rings is 3. The minimum Gasteiger partial charge on any atom is -0.493 e. The lowest BCUT2D eigenvalue weighted by molar-refractivity contribution is -0.385. The van der Waals surface area contributed by atoms with Crippen LogP contribution in [0.15, 0.2) is 71.8 Å². The van der Waals surface area contributed by atoms with E-state index >= 15 is 0 Å². The highest BCUT2D eigenvalue weighted by Gasteiger charge is 2.15. The number of hydrogen-bond donors (Lipinski definition) is 1. The number of aryl methyl sites for hydroxylation is 1. The molecule has 0 fully saturated rings. The van der Waals surface area contributed by atoms with Crippen LogP contribution >= 0.6 is 0 Å². The molecule has 10 heteroatoms. The first-order chi connectivity index (χ1) is 16.4. The maximum atomic E-state index is 12.3. The van der Waals surface area contributed by atoms with Gasteiger partial charge >= 0.3 is 11.7 Å².